The molecule has 214 valence electrons. The summed E-state index contributed by atoms with van der Waals surface area (Å²) < 4.78 is 80.7. The molecule has 1 aromatic heterocycles. The van der Waals surface area contributed by atoms with E-state index < -0.39 is 39.7 Å². The van der Waals surface area contributed by atoms with Crippen LogP contribution in [-0.4, -0.2) is 47.3 Å². The lowest BCUT2D eigenvalue weighted by molar-refractivity contribution is -0.383. The van der Waals surface area contributed by atoms with Crippen LogP contribution in [0.25, 0.3) is 10.1 Å². The third kappa shape index (κ3) is 5.57. The Balaban J connectivity index is 1.26. The molecule has 0 amide bonds. The van der Waals surface area contributed by atoms with Crippen molar-refractivity contribution in [2.75, 3.05) is 31.1 Å². The maximum absolute atomic E-state index is 13.2. The maximum atomic E-state index is 13.2. The zero-order valence-corrected chi connectivity index (χ0v) is 21.7. The Morgan fingerprint density at radius 2 is 1.70 bits per heavy atom. The average molecular weight is 589 g/mol. The van der Waals surface area contributed by atoms with Crippen LogP contribution in [0.1, 0.15) is 36.9 Å². The van der Waals surface area contributed by atoms with E-state index in [9.17, 15) is 41.3 Å². The molecule has 1 spiro atoms. The fraction of sp³-hybridized carbons (Fsp3) is 0.440. The molecule has 0 radical (unpaired) electrons. The molecule has 40 heavy (non-hydrogen) atoms. The van der Waals surface area contributed by atoms with Gasteiger partial charge in [0.15, 0.2) is 5.13 Å². The lowest BCUT2D eigenvalue weighted by atomic mass is 9.71. The van der Waals surface area contributed by atoms with Gasteiger partial charge < -0.3 is 9.64 Å². The molecular formula is C25H22F6N4O4S. The Morgan fingerprint density at radius 1 is 1.07 bits per heavy atom. The summed E-state index contributed by atoms with van der Waals surface area (Å²) in [7, 11) is 0. The molecule has 0 aliphatic carbocycles. The first kappa shape index (κ1) is 28.1. The summed E-state index contributed by atoms with van der Waals surface area (Å²) in [5.41, 5.74) is -2.17. The summed E-state index contributed by atoms with van der Waals surface area (Å²) in [6, 6.07) is 6.77. The van der Waals surface area contributed by atoms with Crippen molar-refractivity contribution in [2.45, 2.75) is 38.3 Å². The van der Waals surface area contributed by atoms with Crippen LogP contribution in [0.3, 0.4) is 0 Å². The van der Waals surface area contributed by atoms with E-state index in [1.165, 1.54) is 12.1 Å². The molecule has 2 aliphatic heterocycles. The van der Waals surface area contributed by atoms with Gasteiger partial charge >= 0.3 is 12.5 Å². The van der Waals surface area contributed by atoms with Gasteiger partial charge in [-0.05, 0) is 48.9 Å². The fourth-order valence-electron chi connectivity index (χ4n) is 5.31. The van der Waals surface area contributed by atoms with Crippen LogP contribution < -0.4 is 15.2 Å². The second-order valence-electron chi connectivity index (χ2n) is 10.1. The number of halogens is 6. The SMILES string of the molecule is CC(c1ccc(OC(F)(F)F)cc1)N1CC2(CCN(c3nc(=O)c4cc(C(F)(F)F)cc([N+](=O)[O-])c4s3)CC2)C1. The number of nitrogens with zero attached hydrogens (tertiary/aromatic N) is 4. The first-order valence-electron chi connectivity index (χ1n) is 12.2. The van der Waals surface area contributed by atoms with Crippen molar-refractivity contribution in [1.29, 1.82) is 0 Å². The van der Waals surface area contributed by atoms with Gasteiger partial charge in [0.25, 0.3) is 11.2 Å². The molecular weight excluding hydrogens is 566 g/mol. The predicted molar refractivity (Wildman–Crippen MR) is 135 cm³/mol. The van der Waals surface area contributed by atoms with Crippen LogP contribution in [0.4, 0.5) is 37.2 Å². The van der Waals surface area contributed by atoms with Crippen molar-refractivity contribution in [2.24, 2.45) is 5.41 Å². The Hall–Kier alpha value is -3.46. The Labute approximate surface area is 226 Å². The van der Waals surface area contributed by atoms with Crippen molar-refractivity contribution >= 4 is 32.2 Å². The number of ether oxygens (including phenoxy) is 1. The third-order valence-corrected chi connectivity index (χ3v) is 8.69. The molecule has 1 atom stereocenters. The second kappa shape index (κ2) is 9.87. The molecule has 0 saturated carbocycles. The number of alkyl halides is 6. The largest absolute Gasteiger partial charge is 0.573 e. The van der Waals surface area contributed by atoms with E-state index >= 15 is 0 Å². The van der Waals surface area contributed by atoms with Crippen LogP contribution in [-0.2, 0) is 6.18 Å². The number of benzene rings is 2. The first-order chi connectivity index (χ1) is 18.6. The van der Waals surface area contributed by atoms with E-state index in [-0.39, 0.29) is 27.0 Å². The van der Waals surface area contributed by atoms with E-state index in [4.69, 9.17) is 0 Å². The maximum Gasteiger partial charge on any atom is 0.573 e. The molecule has 2 aromatic carbocycles. The number of anilines is 1. The van der Waals surface area contributed by atoms with Gasteiger partial charge in [-0.3, -0.25) is 19.8 Å². The number of hydrogen-bond acceptors (Lipinski definition) is 8. The number of hydrogen-bond donors (Lipinski definition) is 0. The standard InChI is InChI=1S/C25H22F6N4O4S/c1-14(15-2-4-17(5-3-15)39-25(29,30)31)34-12-23(13-34)6-8-33(9-7-23)22-32-21(36)18-10-16(24(26,27)28)11-19(35(37)38)20(18)40-22/h2-5,10-11,14H,6-9,12-13H2,1H3. The van der Waals surface area contributed by atoms with E-state index in [2.05, 4.69) is 14.6 Å². The summed E-state index contributed by atoms with van der Waals surface area (Å²) >= 11 is 0.829. The number of piperidine rings is 1. The van der Waals surface area contributed by atoms with Crippen LogP contribution >= 0.6 is 11.3 Å². The number of rotatable bonds is 5. The Kier molecular flexibility index (Phi) is 6.93. The van der Waals surface area contributed by atoms with Crippen molar-refractivity contribution in [3.63, 3.8) is 0 Å². The number of non-ortho nitro benzene ring substituents is 1. The zero-order valence-electron chi connectivity index (χ0n) is 20.9. The van der Waals surface area contributed by atoms with Crippen molar-refractivity contribution in [3.8, 4) is 5.75 Å². The summed E-state index contributed by atoms with van der Waals surface area (Å²) in [4.78, 5) is 31.2. The number of nitro groups is 1. The summed E-state index contributed by atoms with van der Waals surface area (Å²) in [5, 5.41) is 11.3. The van der Waals surface area contributed by atoms with Gasteiger partial charge in [-0.2, -0.15) is 18.2 Å². The van der Waals surface area contributed by atoms with Gasteiger partial charge in [-0.1, -0.05) is 23.5 Å². The molecule has 2 saturated heterocycles. The fourth-order valence-corrected chi connectivity index (χ4v) is 6.43. The van der Waals surface area contributed by atoms with Crippen LogP contribution in [0.15, 0.2) is 41.2 Å². The minimum atomic E-state index is -4.85. The minimum absolute atomic E-state index is 0.000484. The molecule has 2 aliphatic rings. The Morgan fingerprint density at radius 3 is 2.25 bits per heavy atom. The molecule has 0 bridgehead atoms. The average Bonchev–Trinajstić information content (AvgIpc) is 2.85. The molecule has 8 nitrogen and oxygen atoms in total. The van der Waals surface area contributed by atoms with Gasteiger partial charge in [0.05, 0.1) is 15.9 Å². The highest BCUT2D eigenvalue weighted by Gasteiger charge is 2.46. The zero-order chi connectivity index (χ0) is 29.0. The van der Waals surface area contributed by atoms with E-state index in [1.807, 2.05) is 11.8 Å². The predicted octanol–water partition coefficient (Wildman–Crippen LogP) is 6.15. The van der Waals surface area contributed by atoms with Crippen molar-refractivity contribution < 1.29 is 36.0 Å². The van der Waals surface area contributed by atoms with Crippen LogP contribution in [0, 0.1) is 15.5 Å². The topological polar surface area (TPSA) is 88.8 Å². The smallest absolute Gasteiger partial charge is 0.406 e. The quantitative estimate of drug-likeness (QED) is 0.201. The highest BCUT2D eigenvalue weighted by molar-refractivity contribution is 7.22. The van der Waals surface area contributed by atoms with E-state index in [0.29, 0.717) is 25.2 Å². The Bertz CT molecular complexity index is 1490. The lowest BCUT2D eigenvalue weighted by Gasteiger charge is -2.56. The number of fused-ring (bicyclic) bond motifs is 1. The minimum Gasteiger partial charge on any atom is -0.406 e. The summed E-state index contributed by atoms with van der Waals surface area (Å²) in [6.07, 6.45) is -8.13. The highest BCUT2D eigenvalue weighted by atomic mass is 32.1. The van der Waals surface area contributed by atoms with Crippen molar-refractivity contribution in [3.05, 3.63) is 68.0 Å². The van der Waals surface area contributed by atoms with Gasteiger partial charge in [0, 0.05) is 38.3 Å². The lowest BCUT2D eigenvalue weighted by Crippen LogP contribution is -2.60. The first-order valence-corrected chi connectivity index (χ1v) is 13.0. The van der Waals surface area contributed by atoms with Crippen LogP contribution in [0.2, 0.25) is 0 Å². The molecule has 1 unspecified atom stereocenters. The normalized spacial score (nSPS) is 18.5. The van der Waals surface area contributed by atoms with Gasteiger partial charge in [0.2, 0.25) is 0 Å². The second-order valence-corrected chi connectivity index (χ2v) is 11.1. The van der Waals surface area contributed by atoms with E-state index in [1.54, 1.807) is 12.1 Å². The summed E-state index contributed by atoms with van der Waals surface area (Å²) in [5.74, 6) is -0.286. The number of likely N-dealkylation sites (tertiary alicyclic amines) is 1. The molecule has 15 heteroatoms. The number of aromatic nitrogens is 1. The third-order valence-electron chi connectivity index (χ3n) is 7.53. The van der Waals surface area contributed by atoms with Crippen molar-refractivity contribution in [1.82, 2.24) is 9.88 Å². The van der Waals surface area contributed by atoms with Gasteiger partial charge in [-0.25, -0.2) is 0 Å². The van der Waals surface area contributed by atoms with Gasteiger partial charge in [-0.15, -0.1) is 13.2 Å². The molecule has 0 N–H and O–H groups in total. The summed E-state index contributed by atoms with van der Waals surface area (Å²) in [6.45, 7) is 4.50. The molecule has 2 fully saturated rings. The highest BCUT2D eigenvalue weighted by Crippen LogP contribution is 2.46. The van der Waals surface area contributed by atoms with Gasteiger partial charge in [0.1, 0.15) is 10.4 Å². The van der Waals surface area contributed by atoms with Crippen LogP contribution in [0.5, 0.6) is 5.75 Å². The molecule has 3 aromatic rings. The monoisotopic (exact) mass is 588 g/mol. The number of nitro benzene ring substituents is 1. The molecule has 3 heterocycles. The molecule has 5 rings (SSSR count). The van der Waals surface area contributed by atoms with E-state index in [0.717, 1.165) is 42.8 Å².